The Morgan fingerprint density at radius 2 is 1.90 bits per heavy atom. The highest BCUT2D eigenvalue weighted by Crippen LogP contribution is 2.27. The van der Waals surface area contributed by atoms with Gasteiger partial charge in [0.1, 0.15) is 0 Å². The lowest BCUT2D eigenvalue weighted by molar-refractivity contribution is -0.139. The zero-order chi connectivity index (χ0) is 14.8. The van der Waals surface area contributed by atoms with Crippen molar-refractivity contribution in [3.63, 3.8) is 0 Å². The van der Waals surface area contributed by atoms with Crippen LogP contribution in [0.15, 0.2) is 30.5 Å². The number of benzene rings is 1. The summed E-state index contributed by atoms with van der Waals surface area (Å²) in [6, 6.07) is 6.37. The third kappa shape index (κ3) is 3.17. The normalized spacial score (nSPS) is 11.6. The molecule has 2 aromatic rings. The third-order valence-corrected chi connectivity index (χ3v) is 2.61. The van der Waals surface area contributed by atoms with E-state index in [0.29, 0.717) is 10.8 Å². The fraction of sp³-hybridized carbons (Fsp3) is 0.231. The molecule has 0 spiro atoms. The quantitative estimate of drug-likeness (QED) is 0.936. The van der Waals surface area contributed by atoms with E-state index < -0.39 is 25.2 Å². The van der Waals surface area contributed by atoms with Crippen LogP contribution >= 0.6 is 0 Å². The molecule has 0 unspecified atom stereocenters. The van der Waals surface area contributed by atoms with E-state index in [1.165, 1.54) is 0 Å². The number of fused-ring (bicyclic) bond motifs is 1. The van der Waals surface area contributed by atoms with Crippen LogP contribution in [0.3, 0.4) is 0 Å². The molecule has 0 fully saturated rings. The molecular weight excluding hydrogens is 275 g/mol. The van der Waals surface area contributed by atoms with E-state index in [-0.39, 0.29) is 11.4 Å². The number of halogens is 3. The Balaban J connectivity index is 2.31. The largest absolute Gasteiger partial charge is 0.478 e. The van der Waals surface area contributed by atoms with Crippen molar-refractivity contribution in [3.05, 3.63) is 36.0 Å². The Morgan fingerprint density at radius 1 is 1.25 bits per heavy atom. The summed E-state index contributed by atoms with van der Waals surface area (Å²) in [7, 11) is 0. The fourth-order valence-corrected chi connectivity index (χ4v) is 1.72. The van der Waals surface area contributed by atoms with Gasteiger partial charge in [0, 0.05) is 17.0 Å². The maximum absolute atomic E-state index is 12.1. The van der Waals surface area contributed by atoms with Crippen LogP contribution in [0.1, 0.15) is 16.8 Å². The SMILES string of the molecule is O=C(O)c1cnc(OCCC(F)(F)F)c2ccccc12. The number of rotatable bonds is 4. The lowest BCUT2D eigenvalue weighted by atomic mass is 10.1. The van der Waals surface area contributed by atoms with Gasteiger partial charge in [-0.3, -0.25) is 0 Å². The van der Waals surface area contributed by atoms with Crippen molar-refractivity contribution in [1.29, 1.82) is 0 Å². The average molecular weight is 285 g/mol. The molecule has 0 aliphatic carbocycles. The molecule has 1 heterocycles. The van der Waals surface area contributed by atoms with Crippen molar-refractivity contribution >= 4 is 16.7 Å². The van der Waals surface area contributed by atoms with E-state index >= 15 is 0 Å². The number of carboxylic acid groups (broad SMARTS) is 1. The van der Waals surface area contributed by atoms with Gasteiger partial charge in [0.05, 0.1) is 18.6 Å². The van der Waals surface area contributed by atoms with Gasteiger partial charge in [0.2, 0.25) is 5.88 Å². The second kappa shape index (κ2) is 5.36. The molecule has 4 nitrogen and oxygen atoms in total. The fourth-order valence-electron chi connectivity index (χ4n) is 1.72. The summed E-state index contributed by atoms with van der Waals surface area (Å²) < 4.78 is 41.2. The molecule has 0 radical (unpaired) electrons. The first kappa shape index (κ1) is 14.1. The number of carbonyl (C=O) groups is 1. The highest BCUT2D eigenvalue weighted by Gasteiger charge is 2.27. The molecule has 0 amide bonds. The van der Waals surface area contributed by atoms with Crippen LogP contribution in [-0.4, -0.2) is 28.8 Å². The van der Waals surface area contributed by atoms with Gasteiger partial charge in [0.15, 0.2) is 0 Å². The van der Waals surface area contributed by atoms with E-state index in [4.69, 9.17) is 9.84 Å². The molecule has 7 heteroatoms. The van der Waals surface area contributed by atoms with E-state index in [2.05, 4.69) is 4.98 Å². The number of aromatic carboxylic acids is 1. The predicted molar refractivity (Wildman–Crippen MR) is 64.9 cm³/mol. The summed E-state index contributed by atoms with van der Waals surface area (Å²) in [6.45, 7) is -0.563. The van der Waals surface area contributed by atoms with Gasteiger partial charge in [-0.15, -0.1) is 0 Å². The second-order valence-electron chi connectivity index (χ2n) is 4.04. The van der Waals surface area contributed by atoms with Crippen molar-refractivity contribution in [2.75, 3.05) is 6.61 Å². The summed E-state index contributed by atoms with van der Waals surface area (Å²) in [6.07, 6.45) is -4.33. The summed E-state index contributed by atoms with van der Waals surface area (Å²) in [4.78, 5) is 14.8. The molecule has 0 atom stereocenters. The number of ether oxygens (including phenoxy) is 1. The van der Waals surface area contributed by atoms with Gasteiger partial charge in [-0.05, 0) is 6.07 Å². The van der Waals surface area contributed by atoms with E-state index in [1.54, 1.807) is 24.3 Å². The third-order valence-electron chi connectivity index (χ3n) is 2.61. The Labute approximate surface area is 111 Å². The second-order valence-corrected chi connectivity index (χ2v) is 4.04. The minimum absolute atomic E-state index is 0.00477. The number of hydrogen-bond acceptors (Lipinski definition) is 3. The molecule has 0 saturated carbocycles. The Bertz CT molecular complexity index is 640. The highest BCUT2D eigenvalue weighted by atomic mass is 19.4. The molecule has 20 heavy (non-hydrogen) atoms. The molecule has 0 aliphatic heterocycles. The monoisotopic (exact) mass is 285 g/mol. The highest BCUT2D eigenvalue weighted by molar-refractivity contribution is 6.04. The first-order valence-electron chi connectivity index (χ1n) is 5.69. The molecule has 1 aromatic heterocycles. The van der Waals surface area contributed by atoms with Crippen molar-refractivity contribution in [2.24, 2.45) is 0 Å². The van der Waals surface area contributed by atoms with Crippen molar-refractivity contribution in [3.8, 4) is 5.88 Å². The summed E-state index contributed by atoms with van der Waals surface area (Å²) >= 11 is 0. The summed E-state index contributed by atoms with van der Waals surface area (Å²) in [5.41, 5.74) is -0.0243. The number of carboxylic acids is 1. The maximum Gasteiger partial charge on any atom is 0.392 e. The molecule has 0 bridgehead atoms. The van der Waals surface area contributed by atoms with Crippen LogP contribution in [-0.2, 0) is 0 Å². The number of pyridine rings is 1. The van der Waals surface area contributed by atoms with E-state index in [1.807, 2.05) is 0 Å². The molecule has 0 saturated heterocycles. The van der Waals surface area contributed by atoms with Crippen molar-refractivity contribution in [2.45, 2.75) is 12.6 Å². The lowest BCUT2D eigenvalue weighted by Gasteiger charge is -2.11. The standard InChI is InChI=1S/C13H10F3NO3/c14-13(15,16)5-6-20-11-9-4-2-1-3-8(9)10(7-17-11)12(18)19/h1-4,7H,5-6H2,(H,18,19). The number of hydrogen-bond donors (Lipinski definition) is 1. The van der Waals surface area contributed by atoms with Gasteiger partial charge in [-0.2, -0.15) is 13.2 Å². The van der Waals surface area contributed by atoms with Crippen LogP contribution in [0, 0.1) is 0 Å². The van der Waals surface area contributed by atoms with Crippen LogP contribution in [0.5, 0.6) is 5.88 Å². The summed E-state index contributed by atoms with van der Waals surface area (Å²) in [5.74, 6) is -1.16. The molecule has 1 N–H and O–H groups in total. The molecular formula is C13H10F3NO3. The van der Waals surface area contributed by atoms with Gasteiger partial charge in [-0.25, -0.2) is 9.78 Å². The predicted octanol–water partition coefficient (Wildman–Crippen LogP) is 3.26. The minimum atomic E-state index is -4.31. The zero-order valence-electron chi connectivity index (χ0n) is 10.1. The van der Waals surface area contributed by atoms with Crippen LogP contribution in [0.2, 0.25) is 0 Å². The summed E-state index contributed by atoms with van der Waals surface area (Å²) in [5, 5.41) is 9.77. The first-order chi connectivity index (χ1) is 9.38. The van der Waals surface area contributed by atoms with Gasteiger partial charge in [-0.1, -0.05) is 18.2 Å². The van der Waals surface area contributed by atoms with Crippen LogP contribution < -0.4 is 4.74 Å². The molecule has 0 aliphatic rings. The van der Waals surface area contributed by atoms with Gasteiger partial charge >= 0.3 is 12.1 Å². The van der Waals surface area contributed by atoms with Crippen molar-refractivity contribution < 1.29 is 27.8 Å². The topological polar surface area (TPSA) is 59.4 Å². The van der Waals surface area contributed by atoms with Gasteiger partial charge < -0.3 is 9.84 Å². The Hall–Kier alpha value is -2.31. The maximum atomic E-state index is 12.1. The first-order valence-corrected chi connectivity index (χ1v) is 5.69. The average Bonchev–Trinajstić information content (AvgIpc) is 2.37. The van der Waals surface area contributed by atoms with E-state index in [9.17, 15) is 18.0 Å². The number of aromatic nitrogens is 1. The van der Waals surface area contributed by atoms with Gasteiger partial charge in [0.25, 0.3) is 0 Å². The Morgan fingerprint density at radius 3 is 2.50 bits per heavy atom. The lowest BCUT2D eigenvalue weighted by Crippen LogP contribution is -2.13. The smallest absolute Gasteiger partial charge is 0.392 e. The Kier molecular flexibility index (Phi) is 3.78. The van der Waals surface area contributed by atoms with Crippen molar-refractivity contribution in [1.82, 2.24) is 4.98 Å². The minimum Gasteiger partial charge on any atom is -0.478 e. The van der Waals surface area contributed by atoms with Crippen LogP contribution in [0.25, 0.3) is 10.8 Å². The molecule has 106 valence electrons. The van der Waals surface area contributed by atoms with Crippen LogP contribution in [0.4, 0.5) is 13.2 Å². The van der Waals surface area contributed by atoms with E-state index in [0.717, 1.165) is 6.20 Å². The number of nitrogens with zero attached hydrogens (tertiary/aromatic N) is 1. The molecule has 2 rings (SSSR count). The zero-order valence-corrected chi connectivity index (χ0v) is 10.1. The molecule has 1 aromatic carbocycles. The number of alkyl halides is 3.